The van der Waals surface area contributed by atoms with Crippen molar-refractivity contribution in [3.63, 3.8) is 0 Å². The molecule has 2 nitrogen and oxygen atoms in total. The Kier molecular flexibility index (Phi) is 3.43. The molecule has 0 N–H and O–H groups in total. The molecule has 0 spiro atoms. The van der Waals surface area contributed by atoms with Gasteiger partial charge < -0.3 is 4.90 Å². The van der Waals surface area contributed by atoms with Crippen LogP contribution in [0.2, 0.25) is 0 Å². The Labute approximate surface area is 69.5 Å². The lowest BCUT2D eigenvalue weighted by atomic mass is 10.3. The summed E-state index contributed by atoms with van der Waals surface area (Å²) in [5.74, 6) is 0. The molecule has 0 unspecified atom stereocenters. The Hall–Kier alpha value is -0.500. The molecule has 1 rings (SSSR count). The van der Waals surface area contributed by atoms with Gasteiger partial charge in [0, 0.05) is 13.1 Å². The molecule has 0 aromatic rings. The molecule has 0 amide bonds. The first-order chi connectivity index (χ1) is 5.33. The number of nitrogens with zero attached hydrogens (tertiary/aromatic N) is 2. The van der Waals surface area contributed by atoms with E-state index < -0.39 is 0 Å². The number of rotatable bonds is 3. The maximum Gasteiger partial charge on any atom is 0.0701 e. The van der Waals surface area contributed by atoms with Crippen molar-refractivity contribution in [1.29, 1.82) is 0 Å². The summed E-state index contributed by atoms with van der Waals surface area (Å²) in [7, 11) is 2.16. The standard InChI is InChI=1S/C9H18N2/c1-3-4-7-11-8-5-6-10(2)9-11/h5,8H,3-4,6-7,9H2,1-2H3. The van der Waals surface area contributed by atoms with Crippen molar-refractivity contribution < 1.29 is 0 Å². The van der Waals surface area contributed by atoms with Gasteiger partial charge in [-0.3, -0.25) is 4.90 Å². The van der Waals surface area contributed by atoms with Crippen molar-refractivity contribution in [2.24, 2.45) is 0 Å². The fraction of sp³-hybridized carbons (Fsp3) is 0.778. The van der Waals surface area contributed by atoms with Gasteiger partial charge in [-0.05, 0) is 19.7 Å². The van der Waals surface area contributed by atoms with E-state index in [-0.39, 0.29) is 0 Å². The Morgan fingerprint density at radius 1 is 1.45 bits per heavy atom. The van der Waals surface area contributed by atoms with Crippen LogP contribution in [0.3, 0.4) is 0 Å². The first-order valence-electron chi connectivity index (χ1n) is 4.42. The molecular formula is C9H18N2. The highest BCUT2D eigenvalue weighted by Crippen LogP contribution is 2.02. The van der Waals surface area contributed by atoms with E-state index in [0.717, 1.165) is 13.2 Å². The van der Waals surface area contributed by atoms with Crippen LogP contribution in [-0.2, 0) is 0 Å². The average molecular weight is 154 g/mol. The Balaban J connectivity index is 2.23. The highest BCUT2D eigenvalue weighted by atomic mass is 15.3. The van der Waals surface area contributed by atoms with Gasteiger partial charge in [0.1, 0.15) is 0 Å². The number of hydrogen-bond acceptors (Lipinski definition) is 2. The Morgan fingerprint density at radius 3 is 2.91 bits per heavy atom. The molecule has 0 atom stereocenters. The Morgan fingerprint density at radius 2 is 2.27 bits per heavy atom. The lowest BCUT2D eigenvalue weighted by molar-refractivity contribution is 0.198. The molecule has 0 saturated carbocycles. The highest BCUT2D eigenvalue weighted by molar-refractivity contribution is 4.88. The van der Waals surface area contributed by atoms with Gasteiger partial charge in [-0.15, -0.1) is 0 Å². The van der Waals surface area contributed by atoms with E-state index >= 15 is 0 Å². The number of likely N-dealkylation sites (N-methyl/N-ethyl adjacent to an activating group) is 1. The second-order valence-corrected chi connectivity index (χ2v) is 3.23. The molecule has 1 heterocycles. The molecule has 0 fully saturated rings. The summed E-state index contributed by atoms with van der Waals surface area (Å²) < 4.78 is 0. The third-order valence-corrected chi connectivity index (χ3v) is 1.96. The minimum atomic E-state index is 1.09. The van der Waals surface area contributed by atoms with Crippen LogP contribution in [0.25, 0.3) is 0 Å². The number of unbranched alkanes of at least 4 members (excludes halogenated alkanes) is 1. The number of hydrogen-bond donors (Lipinski definition) is 0. The molecule has 2 heteroatoms. The van der Waals surface area contributed by atoms with E-state index in [4.69, 9.17) is 0 Å². The van der Waals surface area contributed by atoms with Crippen molar-refractivity contribution in [1.82, 2.24) is 9.80 Å². The summed E-state index contributed by atoms with van der Waals surface area (Å²) in [5.41, 5.74) is 0. The van der Waals surface area contributed by atoms with Crippen LogP contribution in [-0.4, -0.2) is 36.6 Å². The quantitative estimate of drug-likeness (QED) is 0.608. The molecule has 0 radical (unpaired) electrons. The SMILES string of the molecule is CCCCN1C=CCN(C)C1. The van der Waals surface area contributed by atoms with E-state index in [9.17, 15) is 0 Å². The average Bonchev–Trinajstić information content (AvgIpc) is 2.01. The second kappa shape index (κ2) is 4.39. The van der Waals surface area contributed by atoms with Crippen LogP contribution in [0.15, 0.2) is 12.3 Å². The van der Waals surface area contributed by atoms with Crippen molar-refractivity contribution in [3.8, 4) is 0 Å². The van der Waals surface area contributed by atoms with Gasteiger partial charge in [0.15, 0.2) is 0 Å². The van der Waals surface area contributed by atoms with Crippen LogP contribution < -0.4 is 0 Å². The summed E-state index contributed by atoms with van der Waals surface area (Å²) >= 11 is 0. The molecular weight excluding hydrogens is 136 g/mol. The first kappa shape index (κ1) is 8.60. The van der Waals surface area contributed by atoms with Gasteiger partial charge in [0.2, 0.25) is 0 Å². The highest BCUT2D eigenvalue weighted by Gasteiger charge is 2.05. The van der Waals surface area contributed by atoms with Gasteiger partial charge in [-0.25, -0.2) is 0 Å². The lowest BCUT2D eigenvalue weighted by Crippen LogP contribution is -2.36. The van der Waals surface area contributed by atoms with Crippen molar-refractivity contribution >= 4 is 0 Å². The Bertz CT molecular complexity index is 132. The van der Waals surface area contributed by atoms with Crippen LogP contribution in [0.4, 0.5) is 0 Å². The zero-order valence-corrected chi connectivity index (χ0v) is 7.58. The normalized spacial score (nSPS) is 19.3. The zero-order valence-electron chi connectivity index (χ0n) is 7.58. The smallest absolute Gasteiger partial charge is 0.0701 e. The van der Waals surface area contributed by atoms with Gasteiger partial charge in [0.05, 0.1) is 6.67 Å². The molecule has 0 aliphatic carbocycles. The van der Waals surface area contributed by atoms with Gasteiger partial charge in [-0.2, -0.15) is 0 Å². The van der Waals surface area contributed by atoms with Crippen LogP contribution >= 0.6 is 0 Å². The maximum atomic E-state index is 2.37. The summed E-state index contributed by atoms with van der Waals surface area (Å²) in [4.78, 5) is 4.68. The van der Waals surface area contributed by atoms with Crippen LogP contribution in [0.1, 0.15) is 19.8 Å². The maximum absolute atomic E-state index is 2.37. The largest absolute Gasteiger partial charge is 0.365 e. The summed E-state index contributed by atoms with van der Waals surface area (Å²) in [5, 5.41) is 0. The van der Waals surface area contributed by atoms with Crippen molar-refractivity contribution in [2.75, 3.05) is 26.8 Å². The van der Waals surface area contributed by atoms with Gasteiger partial charge in [-0.1, -0.05) is 19.4 Å². The fourth-order valence-electron chi connectivity index (χ4n) is 1.30. The van der Waals surface area contributed by atoms with E-state index in [1.165, 1.54) is 19.4 Å². The van der Waals surface area contributed by atoms with E-state index in [1.807, 2.05) is 0 Å². The summed E-state index contributed by atoms with van der Waals surface area (Å²) in [6.07, 6.45) is 7.03. The molecule has 0 saturated heterocycles. The topological polar surface area (TPSA) is 6.48 Å². The molecule has 1 aliphatic heterocycles. The predicted molar refractivity (Wildman–Crippen MR) is 48.3 cm³/mol. The first-order valence-corrected chi connectivity index (χ1v) is 4.42. The van der Waals surface area contributed by atoms with Crippen LogP contribution in [0, 0.1) is 0 Å². The van der Waals surface area contributed by atoms with Crippen molar-refractivity contribution in [2.45, 2.75) is 19.8 Å². The molecule has 11 heavy (non-hydrogen) atoms. The second-order valence-electron chi connectivity index (χ2n) is 3.23. The van der Waals surface area contributed by atoms with E-state index in [0.29, 0.717) is 0 Å². The molecule has 0 aromatic heterocycles. The summed E-state index contributed by atoms with van der Waals surface area (Å²) in [6, 6.07) is 0. The molecule has 64 valence electrons. The molecule has 1 aliphatic rings. The van der Waals surface area contributed by atoms with Gasteiger partial charge >= 0.3 is 0 Å². The van der Waals surface area contributed by atoms with Gasteiger partial charge in [0.25, 0.3) is 0 Å². The van der Waals surface area contributed by atoms with E-state index in [1.54, 1.807) is 0 Å². The molecule has 0 bridgehead atoms. The minimum Gasteiger partial charge on any atom is -0.365 e. The van der Waals surface area contributed by atoms with E-state index in [2.05, 4.69) is 36.0 Å². The lowest BCUT2D eigenvalue weighted by Gasteiger charge is -2.29. The minimum absolute atomic E-state index is 1.09. The fourth-order valence-corrected chi connectivity index (χ4v) is 1.30. The monoisotopic (exact) mass is 154 g/mol. The third-order valence-electron chi connectivity index (χ3n) is 1.96. The zero-order chi connectivity index (χ0) is 8.10. The van der Waals surface area contributed by atoms with Crippen molar-refractivity contribution in [3.05, 3.63) is 12.3 Å². The predicted octanol–water partition coefficient (Wildman–Crippen LogP) is 1.51. The summed E-state index contributed by atoms with van der Waals surface area (Å²) in [6.45, 7) is 5.63. The van der Waals surface area contributed by atoms with Crippen LogP contribution in [0.5, 0.6) is 0 Å². The third kappa shape index (κ3) is 2.93. The molecule has 0 aromatic carbocycles.